The first-order chi connectivity index (χ1) is 23.3. The molecule has 0 spiro atoms. The number of hydrogen-bond donors (Lipinski definition) is 5. The fraction of sp³-hybridized carbons (Fsp3) is 0.833. The summed E-state index contributed by atoms with van der Waals surface area (Å²) < 4.78 is 24.4. The summed E-state index contributed by atoms with van der Waals surface area (Å²) in [7, 11) is 1.50. The van der Waals surface area contributed by atoms with E-state index in [0.717, 1.165) is 19.3 Å². The molecule has 5 fully saturated rings. The summed E-state index contributed by atoms with van der Waals surface area (Å²) >= 11 is 0. The fourth-order valence-corrected chi connectivity index (χ4v) is 9.81. The molecule has 0 aromatic carbocycles. The second-order valence-corrected chi connectivity index (χ2v) is 15.2. The molecule has 0 aromatic rings. The van der Waals surface area contributed by atoms with E-state index in [9.17, 15) is 24.3 Å². The van der Waals surface area contributed by atoms with Crippen molar-refractivity contribution in [2.75, 3.05) is 20.3 Å². The van der Waals surface area contributed by atoms with Crippen LogP contribution in [0.4, 0.5) is 0 Å². The van der Waals surface area contributed by atoms with Crippen LogP contribution in [0, 0.1) is 17.8 Å². The highest BCUT2D eigenvalue weighted by Gasteiger charge is 2.56. The van der Waals surface area contributed by atoms with Gasteiger partial charge in [0.2, 0.25) is 17.5 Å². The molecule has 5 N–H and O–H groups in total. The summed E-state index contributed by atoms with van der Waals surface area (Å²) in [5, 5.41) is 24.0. The minimum atomic E-state index is -1.98. The van der Waals surface area contributed by atoms with E-state index < -0.39 is 54.1 Å². The smallest absolute Gasteiger partial charge is 0.351 e. The van der Waals surface area contributed by atoms with Gasteiger partial charge in [0.05, 0.1) is 43.1 Å². The normalized spacial score (nSPS) is 38.2. The molecule has 6 aliphatic rings. The first-order valence-electron chi connectivity index (χ1n) is 18.4. The van der Waals surface area contributed by atoms with Gasteiger partial charge in [-0.1, -0.05) is 13.8 Å². The van der Waals surface area contributed by atoms with Crippen molar-refractivity contribution in [3.05, 3.63) is 11.6 Å². The minimum absolute atomic E-state index is 0.0307. The van der Waals surface area contributed by atoms with Crippen LogP contribution in [-0.2, 0) is 38.1 Å². The average Bonchev–Trinajstić information content (AvgIpc) is 3.03. The molecule has 49 heavy (non-hydrogen) atoms. The van der Waals surface area contributed by atoms with Gasteiger partial charge in [0, 0.05) is 51.1 Å². The van der Waals surface area contributed by atoms with Crippen molar-refractivity contribution in [1.82, 2.24) is 21.3 Å². The predicted molar refractivity (Wildman–Crippen MR) is 180 cm³/mol. The Morgan fingerprint density at radius 2 is 1.53 bits per heavy atom. The number of nitrogens with one attached hydrogen (secondary N) is 4. The number of carbonyl (C=O) groups is 4. The Bertz CT molecular complexity index is 1220. The average molecular weight is 691 g/mol. The number of ether oxygens (including phenoxy) is 4. The van der Waals surface area contributed by atoms with Gasteiger partial charge in [0.1, 0.15) is 0 Å². The Balaban J connectivity index is 1.46. The zero-order chi connectivity index (χ0) is 35.5. The van der Waals surface area contributed by atoms with Crippen LogP contribution in [-0.4, -0.2) is 103 Å². The van der Waals surface area contributed by atoms with Crippen LogP contribution in [0.1, 0.15) is 98.8 Å². The van der Waals surface area contributed by atoms with Crippen LogP contribution in [0.3, 0.4) is 0 Å². The van der Waals surface area contributed by atoms with Gasteiger partial charge in [-0.25, -0.2) is 9.59 Å². The largest absolute Gasteiger partial charge is 0.478 e. The van der Waals surface area contributed by atoms with Crippen LogP contribution in [0.5, 0.6) is 0 Å². The number of methoxy groups -OCH3 is 1. The molecule has 13 heteroatoms. The lowest BCUT2D eigenvalue weighted by Gasteiger charge is -2.58. The molecule has 13 nitrogen and oxygen atoms in total. The maximum absolute atomic E-state index is 13.4. The summed E-state index contributed by atoms with van der Waals surface area (Å²) in [5.74, 6) is -0.264. The summed E-state index contributed by atoms with van der Waals surface area (Å²) in [6.07, 6.45) is 7.78. The van der Waals surface area contributed by atoms with Crippen molar-refractivity contribution in [1.29, 1.82) is 0 Å². The van der Waals surface area contributed by atoms with Crippen LogP contribution >= 0.6 is 0 Å². The second-order valence-electron chi connectivity index (χ2n) is 15.2. The molecule has 5 aliphatic carbocycles. The van der Waals surface area contributed by atoms with Crippen LogP contribution < -0.4 is 21.3 Å². The molecule has 1 aliphatic heterocycles. The number of carboxylic acid groups (broad SMARTS) is 1. The van der Waals surface area contributed by atoms with Gasteiger partial charge in [-0.15, -0.1) is 0 Å². The molecule has 276 valence electrons. The molecule has 1 saturated heterocycles. The Morgan fingerprint density at radius 1 is 0.939 bits per heavy atom. The van der Waals surface area contributed by atoms with E-state index in [1.807, 2.05) is 13.8 Å². The molecule has 6 rings (SSSR count). The predicted octanol–water partition coefficient (Wildman–Crippen LogP) is 2.56. The third-order valence-corrected chi connectivity index (χ3v) is 11.6. The molecule has 1 heterocycles. The molecular formula is C36H58N4O9. The van der Waals surface area contributed by atoms with E-state index in [1.165, 1.54) is 40.2 Å². The van der Waals surface area contributed by atoms with Crippen LogP contribution in [0.25, 0.3) is 0 Å². The van der Waals surface area contributed by atoms with Gasteiger partial charge >= 0.3 is 11.9 Å². The number of aliphatic carboxylic acids is 1. The summed E-state index contributed by atoms with van der Waals surface area (Å²) in [6, 6.07) is -2.14. The van der Waals surface area contributed by atoms with Crippen molar-refractivity contribution in [2.24, 2.45) is 17.8 Å². The lowest BCUT2D eigenvalue weighted by atomic mass is 9.53. The Kier molecular flexibility index (Phi) is 12.1. The molecule has 4 bridgehead atoms. The topological polar surface area (TPSA) is 174 Å². The zero-order valence-electron chi connectivity index (χ0n) is 30.0. The number of rotatable bonds is 15. The van der Waals surface area contributed by atoms with E-state index in [1.54, 1.807) is 13.0 Å². The molecule has 0 aromatic heterocycles. The minimum Gasteiger partial charge on any atom is -0.478 e. The standard InChI is InChI=1S/C36H58N4O9/c1-7-26(8-2)48-28-14-25(33(43)47-9-3)13-27(31(28)38-20(4)41)40-36(34(44)45)18-29(46-6)32(39-21(5)42)30(49-36)19-37-35-15-22-10-23(16-35)12-24(11-22)17-35/h14,22-24,26-32,37,40H,7-13,15-19H2,1-6H3,(H,38,41)(H,39,42)(H,44,45). The number of hydrogen-bond acceptors (Lipinski definition) is 10. The van der Waals surface area contributed by atoms with Gasteiger partial charge in [0.15, 0.2) is 0 Å². The highest BCUT2D eigenvalue weighted by molar-refractivity contribution is 5.89. The molecule has 7 atom stereocenters. The summed E-state index contributed by atoms with van der Waals surface area (Å²) in [4.78, 5) is 51.6. The van der Waals surface area contributed by atoms with E-state index in [-0.39, 0.29) is 42.9 Å². The van der Waals surface area contributed by atoms with Crippen molar-refractivity contribution < 1.29 is 43.2 Å². The van der Waals surface area contributed by atoms with Crippen molar-refractivity contribution >= 4 is 23.8 Å². The maximum atomic E-state index is 13.4. The second kappa shape index (κ2) is 15.8. The van der Waals surface area contributed by atoms with Gasteiger partial charge in [-0.3, -0.25) is 14.9 Å². The number of amides is 2. The lowest BCUT2D eigenvalue weighted by molar-refractivity contribution is -0.219. The maximum Gasteiger partial charge on any atom is 0.351 e. The van der Waals surface area contributed by atoms with Gasteiger partial charge in [-0.05, 0) is 88.5 Å². The van der Waals surface area contributed by atoms with Gasteiger partial charge in [-0.2, -0.15) is 0 Å². The zero-order valence-corrected chi connectivity index (χ0v) is 30.0. The van der Waals surface area contributed by atoms with Gasteiger partial charge in [0.25, 0.3) is 0 Å². The number of esters is 1. The fourth-order valence-electron chi connectivity index (χ4n) is 9.81. The van der Waals surface area contributed by atoms with Crippen LogP contribution in [0.15, 0.2) is 11.6 Å². The third kappa shape index (κ3) is 8.49. The third-order valence-electron chi connectivity index (χ3n) is 11.6. The molecule has 7 unspecified atom stereocenters. The van der Waals surface area contributed by atoms with Crippen molar-refractivity contribution in [3.8, 4) is 0 Å². The van der Waals surface area contributed by atoms with Crippen molar-refractivity contribution in [3.63, 3.8) is 0 Å². The van der Waals surface area contributed by atoms with E-state index >= 15 is 0 Å². The Hall–Kier alpha value is -2.58. The number of carboxylic acids is 1. The molecule has 0 radical (unpaired) electrons. The van der Waals surface area contributed by atoms with Gasteiger partial charge < -0.3 is 40.0 Å². The first-order valence-corrected chi connectivity index (χ1v) is 18.4. The Morgan fingerprint density at radius 3 is 2.04 bits per heavy atom. The Labute approximate surface area is 290 Å². The monoisotopic (exact) mass is 690 g/mol. The molecule has 2 amide bonds. The van der Waals surface area contributed by atoms with Crippen LogP contribution in [0.2, 0.25) is 0 Å². The lowest BCUT2D eigenvalue weighted by Crippen LogP contribution is -2.73. The van der Waals surface area contributed by atoms with E-state index in [4.69, 9.17) is 18.9 Å². The molecule has 4 saturated carbocycles. The van der Waals surface area contributed by atoms with Crippen molar-refractivity contribution in [2.45, 2.75) is 153 Å². The molecular weight excluding hydrogens is 632 g/mol. The summed E-state index contributed by atoms with van der Waals surface area (Å²) in [5.41, 5.74) is -1.69. The number of carbonyl (C=O) groups excluding carboxylic acids is 3. The van der Waals surface area contributed by atoms with E-state index in [2.05, 4.69) is 21.3 Å². The van der Waals surface area contributed by atoms with E-state index in [0.29, 0.717) is 42.7 Å². The highest BCUT2D eigenvalue weighted by atomic mass is 16.6. The summed E-state index contributed by atoms with van der Waals surface area (Å²) in [6.45, 7) is 9.03. The highest BCUT2D eigenvalue weighted by Crippen LogP contribution is 2.55. The SMILES string of the molecule is CCOC(=O)C1=CC(OC(CC)CC)C(NC(C)=O)C(NC2(C(=O)O)CC(OC)C(NC(C)=O)C(CNC34CC5CC(CC(C5)C3)C4)O2)C1. The quantitative estimate of drug-likeness (QED) is 0.160. The first kappa shape index (κ1) is 37.7.